The minimum Gasteiger partial charge on any atom is -0.481 e. The predicted octanol–water partition coefficient (Wildman–Crippen LogP) is 0.498. The van der Waals surface area contributed by atoms with Gasteiger partial charge in [0.15, 0.2) is 0 Å². The molecule has 16 heavy (non-hydrogen) atoms. The van der Waals surface area contributed by atoms with Crippen LogP contribution in [0.5, 0.6) is 0 Å². The van der Waals surface area contributed by atoms with Crippen molar-refractivity contribution in [3.63, 3.8) is 0 Å². The molecule has 0 saturated carbocycles. The zero-order valence-corrected chi connectivity index (χ0v) is 9.66. The van der Waals surface area contributed by atoms with Gasteiger partial charge in [0.2, 0.25) is 5.91 Å². The van der Waals surface area contributed by atoms with E-state index in [2.05, 4.69) is 10.6 Å². The highest BCUT2D eigenvalue weighted by molar-refractivity contribution is 5.78. The number of carbonyl (C=O) groups excluding carboxylic acids is 1. The summed E-state index contributed by atoms with van der Waals surface area (Å²) in [6.45, 7) is 2.85. The normalized spacial score (nSPS) is 21.7. The Labute approximate surface area is 95.6 Å². The minimum absolute atomic E-state index is 0.000333. The molecular formula is C11H20N2O3. The molecule has 1 rings (SSSR count). The second kappa shape index (κ2) is 6.48. The fourth-order valence-electron chi connectivity index (χ4n) is 1.95. The van der Waals surface area contributed by atoms with Crippen LogP contribution in [0.15, 0.2) is 0 Å². The van der Waals surface area contributed by atoms with E-state index in [9.17, 15) is 9.59 Å². The Balaban J connectivity index is 2.27. The van der Waals surface area contributed by atoms with Gasteiger partial charge < -0.3 is 15.7 Å². The Hall–Kier alpha value is -1.10. The molecule has 0 spiro atoms. The van der Waals surface area contributed by atoms with Crippen LogP contribution in [0.2, 0.25) is 0 Å². The summed E-state index contributed by atoms with van der Waals surface area (Å²) in [6, 6.07) is 0.0220. The third kappa shape index (κ3) is 4.61. The summed E-state index contributed by atoms with van der Waals surface area (Å²) in [4.78, 5) is 22.1. The number of hydrogen-bond acceptors (Lipinski definition) is 3. The first kappa shape index (κ1) is 13.0. The number of carbonyl (C=O) groups is 2. The van der Waals surface area contributed by atoms with Gasteiger partial charge in [-0.05, 0) is 25.8 Å². The molecule has 3 N–H and O–H groups in total. The Morgan fingerprint density at radius 1 is 1.56 bits per heavy atom. The van der Waals surface area contributed by atoms with Crippen molar-refractivity contribution in [3.8, 4) is 0 Å². The van der Waals surface area contributed by atoms with Crippen LogP contribution in [0, 0.1) is 0 Å². The smallest absolute Gasteiger partial charge is 0.305 e. The fourth-order valence-corrected chi connectivity index (χ4v) is 1.95. The number of rotatable bonds is 6. The predicted molar refractivity (Wildman–Crippen MR) is 60.1 cm³/mol. The maximum Gasteiger partial charge on any atom is 0.305 e. The highest BCUT2D eigenvalue weighted by Crippen LogP contribution is 2.09. The average molecular weight is 228 g/mol. The van der Waals surface area contributed by atoms with E-state index in [4.69, 9.17) is 5.11 Å². The molecule has 2 atom stereocenters. The molecule has 5 heteroatoms. The molecular weight excluding hydrogens is 208 g/mol. The first-order valence-electron chi connectivity index (χ1n) is 5.86. The zero-order chi connectivity index (χ0) is 12.0. The van der Waals surface area contributed by atoms with Gasteiger partial charge in [-0.15, -0.1) is 0 Å². The highest BCUT2D eigenvalue weighted by atomic mass is 16.4. The third-order valence-corrected chi connectivity index (χ3v) is 2.87. The molecule has 1 aliphatic heterocycles. The summed E-state index contributed by atoms with van der Waals surface area (Å²) in [5.41, 5.74) is 0. The fraction of sp³-hybridized carbons (Fsp3) is 0.818. The van der Waals surface area contributed by atoms with Gasteiger partial charge in [-0.3, -0.25) is 9.59 Å². The maximum atomic E-state index is 11.6. The molecule has 1 aliphatic rings. The second-order valence-corrected chi connectivity index (χ2v) is 4.27. The largest absolute Gasteiger partial charge is 0.481 e. The summed E-state index contributed by atoms with van der Waals surface area (Å²) in [6.07, 6.45) is 3.25. The van der Waals surface area contributed by atoms with Crippen LogP contribution < -0.4 is 10.6 Å². The molecule has 2 unspecified atom stereocenters. The summed E-state index contributed by atoms with van der Waals surface area (Å²) in [5.74, 6) is -0.918. The molecule has 5 nitrogen and oxygen atoms in total. The lowest BCUT2D eigenvalue weighted by Crippen LogP contribution is -2.39. The number of carboxylic acid groups (broad SMARTS) is 1. The second-order valence-electron chi connectivity index (χ2n) is 4.27. The lowest BCUT2D eigenvalue weighted by Gasteiger charge is -2.16. The summed E-state index contributed by atoms with van der Waals surface area (Å²) >= 11 is 0. The Morgan fingerprint density at radius 3 is 2.81 bits per heavy atom. The van der Waals surface area contributed by atoms with Gasteiger partial charge in [-0.2, -0.15) is 0 Å². The molecule has 0 bridgehead atoms. The molecule has 0 aromatic rings. The van der Waals surface area contributed by atoms with Gasteiger partial charge in [0.1, 0.15) is 0 Å². The first-order valence-corrected chi connectivity index (χ1v) is 5.86. The average Bonchev–Trinajstić information content (AvgIpc) is 2.68. The van der Waals surface area contributed by atoms with Gasteiger partial charge in [0.05, 0.1) is 6.42 Å². The van der Waals surface area contributed by atoms with E-state index >= 15 is 0 Å². The number of hydrogen-bond donors (Lipinski definition) is 3. The molecule has 0 aromatic carbocycles. The Kier molecular flexibility index (Phi) is 5.25. The quantitative estimate of drug-likeness (QED) is 0.618. The monoisotopic (exact) mass is 228 g/mol. The van der Waals surface area contributed by atoms with Gasteiger partial charge in [-0.1, -0.05) is 6.92 Å². The van der Waals surface area contributed by atoms with Crippen molar-refractivity contribution in [2.45, 2.75) is 51.1 Å². The van der Waals surface area contributed by atoms with Crippen LogP contribution in [0.1, 0.15) is 39.0 Å². The molecule has 1 heterocycles. The van der Waals surface area contributed by atoms with Gasteiger partial charge in [-0.25, -0.2) is 0 Å². The van der Waals surface area contributed by atoms with E-state index in [-0.39, 0.29) is 24.4 Å². The van der Waals surface area contributed by atoms with E-state index in [1.165, 1.54) is 0 Å². The van der Waals surface area contributed by atoms with Crippen molar-refractivity contribution in [2.75, 3.05) is 6.54 Å². The number of amides is 1. The lowest BCUT2D eigenvalue weighted by molar-refractivity contribution is -0.137. The Bertz CT molecular complexity index is 250. The molecule has 0 aliphatic carbocycles. The van der Waals surface area contributed by atoms with E-state index in [1.54, 1.807) is 0 Å². The van der Waals surface area contributed by atoms with Crippen molar-refractivity contribution in [2.24, 2.45) is 0 Å². The van der Waals surface area contributed by atoms with Gasteiger partial charge >= 0.3 is 5.97 Å². The Morgan fingerprint density at radius 2 is 2.31 bits per heavy atom. The van der Waals surface area contributed by atoms with Crippen molar-refractivity contribution in [1.82, 2.24) is 10.6 Å². The van der Waals surface area contributed by atoms with Crippen LogP contribution >= 0.6 is 0 Å². The number of aliphatic carboxylic acids is 1. The molecule has 1 saturated heterocycles. The van der Waals surface area contributed by atoms with Crippen LogP contribution in [-0.2, 0) is 9.59 Å². The topological polar surface area (TPSA) is 78.4 Å². The minimum atomic E-state index is -0.869. The summed E-state index contributed by atoms with van der Waals surface area (Å²) in [5, 5.41) is 14.7. The highest BCUT2D eigenvalue weighted by Gasteiger charge is 2.20. The van der Waals surface area contributed by atoms with E-state index in [1.807, 2.05) is 6.92 Å². The SMILES string of the molecule is CCC(CC(=O)O)NC(=O)CC1CCCN1. The molecule has 92 valence electrons. The van der Waals surface area contributed by atoms with Gasteiger partial charge in [0.25, 0.3) is 0 Å². The van der Waals surface area contributed by atoms with Crippen LogP contribution in [0.25, 0.3) is 0 Å². The number of nitrogens with one attached hydrogen (secondary N) is 2. The van der Waals surface area contributed by atoms with Crippen LogP contribution in [0.3, 0.4) is 0 Å². The van der Waals surface area contributed by atoms with E-state index in [0.717, 1.165) is 19.4 Å². The van der Waals surface area contributed by atoms with Crippen LogP contribution in [-0.4, -0.2) is 35.6 Å². The molecule has 0 radical (unpaired) electrons. The lowest BCUT2D eigenvalue weighted by atomic mass is 10.1. The number of carboxylic acids is 1. The van der Waals surface area contributed by atoms with Crippen molar-refractivity contribution >= 4 is 11.9 Å². The van der Waals surface area contributed by atoms with Crippen molar-refractivity contribution in [3.05, 3.63) is 0 Å². The zero-order valence-electron chi connectivity index (χ0n) is 9.66. The third-order valence-electron chi connectivity index (χ3n) is 2.87. The van der Waals surface area contributed by atoms with Crippen molar-refractivity contribution in [1.29, 1.82) is 0 Å². The summed E-state index contributed by atoms with van der Waals surface area (Å²) < 4.78 is 0. The van der Waals surface area contributed by atoms with Crippen molar-refractivity contribution < 1.29 is 14.7 Å². The molecule has 0 aromatic heterocycles. The molecule has 1 amide bonds. The van der Waals surface area contributed by atoms with Crippen LogP contribution in [0.4, 0.5) is 0 Å². The summed E-state index contributed by atoms with van der Waals surface area (Å²) in [7, 11) is 0. The van der Waals surface area contributed by atoms with E-state index in [0.29, 0.717) is 12.8 Å². The molecule has 1 fully saturated rings. The van der Waals surface area contributed by atoms with Gasteiger partial charge in [0, 0.05) is 18.5 Å². The first-order chi connectivity index (χ1) is 7.61. The maximum absolute atomic E-state index is 11.6. The standard InChI is InChI=1S/C11H20N2O3/c1-2-8(7-11(15)16)13-10(14)6-9-4-3-5-12-9/h8-9,12H,2-7H2,1H3,(H,13,14)(H,15,16). The van der Waals surface area contributed by atoms with E-state index < -0.39 is 5.97 Å².